The van der Waals surface area contributed by atoms with Gasteiger partial charge in [0, 0.05) is 6.04 Å². The van der Waals surface area contributed by atoms with Gasteiger partial charge >= 0.3 is 0 Å². The summed E-state index contributed by atoms with van der Waals surface area (Å²) in [6.45, 7) is 9.64. The van der Waals surface area contributed by atoms with Crippen LogP contribution < -0.4 is 0 Å². The molecule has 1 heterocycles. The zero-order valence-electron chi connectivity index (χ0n) is 15.1. The largest absolute Gasteiger partial charge is 0.478 e. The van der Waals surface area contributed by atoms with Gasteiger partial charge in [-0.25, -0.2) is 4.99 Å². The van der Waals surface area contributed by atoms with Crippen molar-refractivity contribution in [2.45, 2.75) is 45.2 Å². The van der Waals surface area contributed by atoms with E-state index in [9.17, 15) is 0 Å². The standard InChI is InChI=1S/C20H28N2O/c1-19(2,3)16-13-23-18(21-16)20(4)15-10-8-7-9-14(15)11-12-17(20)22(5)6/h7-12,16-17H,13H2,1-6H3/t16-,17+,20-/m1/s1. The van der Waals surface area contributed by atoms with Crippen LogP contribution in [-0.2, 0) is 10.2 Å². The molecule has 0 radical (unpaired) electrons. The van der Waals surface area contributed by atoms with E-state index in [1.165, 1.54) is 11.1 Å². The zero-order valence-corrected chi connectivity index (χ0v) is 15.1. The van der Waals surface area contributed by atoms with Gasteiger partial charge in [-0.3, -0.25) is 0 Å². The molecule has 1 aromatic carbocycles. The van der Waals surface area contributed by atoms with Gasteiger partial charge in [0.2, 0.25) is 0 Å². The van der Waals surface area contributed by atoms with Gasteiger partial charge in [-0.15, -0.1) is 0 Å². The molecule has 23 heavy (non-hydrogen) atoms. The lowest BCUT2D eigenvalue weighted by Crippen LogP contribution is -2.51. The van der Waals surface area contributed by atoms with Crippen LogP contribution in [0.2, 0.25) is 0 Å². The Morgan fingerprint density at radius 3 is 2.52 bits per heavy atom. The molecule has 0 saturated heterocycles. The highest BCUT2D eigenvalue weighted by Crippen LogP contribution is 2.41. The monoisotopic (exact) mass is 312 g/mol. The van der Waals surface area contributed by atoms with Gasteiger partial charge in [0.25, 0.3) is 0 Å². The number of hydrogen-bond acceptors (Lipinski definition) is 3. The molecule has 124 valence electrons. The quantitative estimate of drug-likeness (QED) is 0.831. The maximum Gasteiger partial charge on any atom is 0.196 e. The molecular weight excluding hydrogens is 284 g/mol. The normalized spacial score (nSPS) is 30.1. The number of nitrogens with zero attached hydrogens (tertiary/aromatic N) is 2. The Hall–Kier alpha value is -1.61. The van der Waals surface area contributed by atoms with Crippen LogP contribution in [0.25, 0.3) is 6.08 Å². The molecule has 0 saturated carbocycles. The van der Waals surface area contributed by atoms with E-state index in [0.29, 0.717) is 6.61 Å². The number of fused-ring (bicyclic) bond motifs is 1. The molecule has 2 aliphatic rings. The van der Waals surface area contributed by atoms with Crippen LogP contribution >= 0.6 is 0 Å². The summed E-state index contributed by atoms with van der Waals surface area (Å²) >= 11 is 0. The SMILES string of the molecule is CN(C)[C@H]1C=Cc2ccccc2[C@@]1(C)C1=N[C@@H](C(C)(C)C)CO1. The molecule has 3 heteroatoms. The van der Waals surface area contributed by atoms with Crippen molar-refractivity contribution in [3.63, 3.8) is 0 Å². The molecule has 0 bridgehead atoms. The Morgan fingerprint density at radius 1 is 1.22 bits per heavy atom. The topological polar surface area (TPSA) is 24.8 Å². The minimum atomic E-state index is -0.255. The second-order valence-electron chi connectivity index (χ2n) is 8.18. The molecular formula is C20H28N2O. The smallest absolute Gasteiger partial charge is 0.196 e. The van der Waals surface area contributed by atoms with Gasteiger partial charge in [0.15, 0.2) is 5.90 Å². The molecule has 1 aliphatic heterocycles. The first-order valence-corrected chi connectivity index (χ1v) is 8.40. The Bertz CT molecular complexity index is 654. The van der Waals surface area contributed by atoms with Crippen molar-refractivity contribution in [2.75, 3.05) is 20.7 Å². The van der Waals surface area contributed by atoms with Crippen molar-refractivity contribution in [2.24, 2.45) is 10.4 Å². The third kappa shape index (κ3) is 2.61. The second-order valence-corrected chi connectivity index (χ2v) is 8.18. The Balaban J connectivity index is 2.11. The fourth-order valence-electron chi connectivity index (χ4n) is 3.69. The number of ether oxygens (including phenoxy) is 1. The van der Waals surface area contributed by atoms with Crippen molar-refractivity contribution in [3.8, 4) is 0 Å². The predicted molar refractivity (Wildman–Crippen MR) is 96.9 cm³/mol. The second kappa shape index (κ2) is 5.48. The summed E-state index contributed by atoms with van der Waals surface area (Å²) in [6.07, 6.45) is 4.50. The predicted octanol–water partition coefficient (Wildman–Crippen LogP) is 3.74. The number of likely N-dealkylation sites (N-methyl/N-ethyl adjacent to an activating group) is 1. The summed E-state index contributed by atoms with van der Waals surface area (Å²) < 4.78 is 6.16. The van der Waals surface area contributed by atoms with Crippen LogP contribution in [0.15, 0.2) is 35.3 Å². The summed E-state index contributed by atoms with van der Waals surface area (Å²) in [5.41, 5.74) is 2.43. The average molecular weight is 312 g/mol. The van der Waals surface area contributed by atoms with E-state index in [-0.39, 0.29) is 22.9 Å². The van der Waals surface area contributed by atoms with Gasteiger partial charge in [-0.05, 0) is 37.6 Å². The molecule has 1 aliphatic carbocycles. The Morgan fingerprint density at radius 2 is 1.91 bits per heavy atom. The third-order valence-corrected chi connectivity index (χ3v) is 5.22. The van der Waals surface area contributed by atoms with E-state index in [4.69, 9.17) is 9.73 Å². The van der Waals surface area contributed by atoms with E-state index < -0.39 is 0 Å². The van der Waals surface area contributed by atoms with Crippen molar-refractivity contribution >= 4 is 12.0 Å². The molecule has 3 rings (SSSR count). The molecule has 1 aromatic rings. The fraction of sp³-hybridized carbons (Fsp3) is 0.550. The highest BCUT2D eigenvalue weighted by Gasteiger charge is 2.48. The molecule has 0 spiro atoms. The van der Waals surface area contributed by atoms with Crippen LogP contribution in [0, 0.1) is 5.41 Å². The molecule has 0 fully saturated rings. The van der Waals surface area contributed by atoms with Crippen molar-refractivity contribution in [3.05, 3.63) is 41.5 Å². The fourth-order valence-corrected chi connectivity index (χ4v) is 3.69. The number of rotatable bonds is 2. The van der Waals surface area contributed by atoms with Gasteiger partial charge < -0.3 is 9.64 Å². The lowest BCUT2D eigenvalue weighted by Gasteiger charge is -2.42. The van der Waals surface area contributed by atoms with E-state index in [1.807, 2.05) is 0 Å². The molecule has 3 atom stereocenters. The van der Waals surface area contributed by atoms with Crippen LogP contribution in [0.1, 0.15) is 38.8 Å². The van der Waals surface area contributed by atoms with Gasteiger partial charge in [0.1, 0.15) is 6.61 Å². The van der Waals surface area contributed by atoms with E-state index in [2.05, 4.69) is 83.1 Å². The average Bonchev–Trinajstić information content (AvgIpc) is 2.98. The van der Waals surface area contributed by atoms with Crippen LogP contribution in [-0.4, -0.2) is 43.6 Å². The van der Waals surface area contributed by atoms with Crippen LogP contribution in [0.4, 0.5) is 0 Å². The van der Waals surface area contributed by atoms with Crippen LogP contribution in [0.5, 0.6) is 0 Å². The summed E-state index contributed by atoms with van der Waals surface area (Å²) in [5, 5.41) is 0. The molecule has 0 unspecified atom stereocenters. The van der Waals surface area contributed by atoms with Gasteiger partial charge in [0.05, 0.1) is 11.5 Å². The number of hydrogen-bond donors (Lipinski definition) is 0. The van der Waals surface area contributed by atoms with Gasteiger partial charge in [-0.2, -0.15) is 0 Å². The lowest BCUT2D eigenvalue weighted by molar-refractivity contribution is 0.207. The molecule has 0 aromatic heterocycles. The zero-order chi connectivity index (χ0) is 16.8. The minimum absolute atomic E-state index is 0.121. The highest BCUT2D eigenvalue weighted by atomic mass is 16.5. The lowest BCUT2D eigenvalue weighted by atomic mass is 9.70. The van der Waals surface area contributed by atoms with Crippen LogP contribution in [0.3, 0.4) is 0 Å². The van der Waals surface area contributed by atoms with E-state index >= 15 is 0 Å². The number of benzene rings is 1. The van der Waals surface area contributed by atoms with E-state index in [0.717, 1.165) is 5.90 Å². The van der Waals surface area contributed by atoms with Crippen molar-refractivity contribution in [1.82, 2.24) is 4.90 Å². The number of aliphatic imine (C=N–C) groups is 1. The van der Waals surface area contributed by atoms with Crippen molar-refractivity contribution < 1.29 is 4.74 Å². The summed E-state index contributed by atoms with van der Waals surface area (Å²) in [5.74, 6) is 0.882. The first kappa shape index (κ1) is 16.3. The Kier molecular flexibility index (Phi) is 3.88. The van der Waals surface area contributed by atoms with Gasteiger partial charge in [-0.1, -0.05) is 57.2 Å². The first-order chi connectivity index (χ1) is 10.7. The first-order valence-electron chi connectivity index (χ1n) is 8.40. The highest BCUT2D eigenvalue weighted by molar-refractivity contribution is 5.93. The summed E-state index contributed by atoms with van der Waals surface area (Å²) in [7, 11) is 4.25. The molecule has 3 nitrogen and oxygen atoms in total. The minimum Gasteiger partial charge on any atom is -0.478 e. The van der Waals surface area contributed by atoms with Crippen molar-refractivity contribution in [1.29, 1.82) is 0 Å². The Labute approximate surface area is 140 Å². The molecule has 0 amide bonds. The maximum atomic E-state index is 6.16. The molecule has 0 N–H and O–H groups in total. The third-order valence-electron chi connectivity index (χ3n) is 5.22. The maximum absolute atomic E-state index is 6.16. The summed E-state index contributed by atoms with van der Waals surface area (Å²) in [6, 6.07) is 9.04. The van der Waals surface area contributed by atoms with E-state index in [1.54, 1.807) is 0 Å². The summed E-state index contributed by atoms with van der Waals surface area (Å²) in [4.78, 5) is 7.27.